The highest BCUT2D eigenvalue weighted by Gasteiger charge is 2.39. The lowest BCUT2D eigenvalue weighted by molar-refractivity contribution is -0.134. The Bertz CT molecular complexity index is 1250. The third kappa shape index (κ3) is 5.40. The van der Waals surface area contributed by atoms with Crippen molar-refractivity contribution < 1.29 is 14.3 Å². The number of hydrogen-bond acceptors (Lipinski definition) is 3. The average molecular weight is 469 g/mol. The molecule has 1 unspecified atom stereocenters. The van der Waals surface area contributed by atoms with Crippen LogP contribution in [-0.4, -0.2) is 29.9 Å². The van der Waals surface area contributed by atoms with Gasteiger partial charge in [0.1, 0.15) is 5.75 Å². The Hall–Kier alpha value is -3.60. The van der Waals surface area contributed by atoms with Crippen LogP contribution in [0.25, 0.3) is 0 Å². The molecule has 1 N–H and O–H groups in total. The molecule has 1 aliphatic carbocycles. The van der Waals surface area contributed by atoms with Crippen molar-refractivity contribution in [3.63, 3.8) is 0 Å². The van der Waals surface area contributed by atoms with Crippen LogP contribution >= 0.6 is 0 Å². The highest BCUT2D eigenvalue weighted by atomic mass is 16.5. The number of carbonyl (C=O) groups is 2. The lowest BCUT2D eigenvalue weighted by Gasteiger charge is -2.38. The van der Waals surface area contributed by atoms with Crippen LogP contribution in [0.4, 0.5) is 0 Å². The third-order valence-corrected chi connectivity index (χ3v) is 6.86. The molecule has 0 saturated heterocycles. The molecular formula is C30H32N2O3. The van der Waals surface area contributed by atoms with Gasteiger partial charge in [-0.2, -0.15) is 0 Å². The second-order valence-corrected chi connectivity index (χ2v) is 9.79. The van der Waals surface area contributed by atoms with Crippen LogP contribution in [0.5, 0.6) is 5.75 Å². The fraction of sp³-hybridized carbons (Fsp3) is 0.333. The van der Waals surface area contributed by atoms with E-state index in [0.29, 0.717) is 12.3 Å². The molecule has 1 fully saturated rings. The van der Waals surface area contributed by atoms with E-state index in [4.69, 9.17) is 4.74 Å². The van der Waals surface area contributed by atoms with E-state index in [1.54, 1.807) is 0 Å². The number of nitrogens with one attached hydrogen (secondary N) is 1. The normalized spacial score (nSPS) is 17.0. The summed E-state index contributed by atoms with van der Waals surface area (Å²) in [5.74, 6) is 0.905. The molecule has 3 aromatic rings. The van der Waals surface area contributed by atoms with Gasteiger partial charge in [0.2, 0.25) is 5.91 Å². The second kappa shape index (κ2) is 9.95. The molecule has 5 nitrogen and oxygen atoms in total. The summed E-state index contributed by atoms with van der Waals surface area (Å²) in [4.78, 5) is 27.7. The van der Waals surface area contributed by atoms with Gasteiger partial charge in [0.15, 0.2) is 6.61 Å². The lowest BCUT2D eigenvalue weighted by atomic mass is 9.87. The first kappa shape index (κ1) is 23.2. The molecule has 1 aliphatic heterocycles. The van der Waals surface area contributed by atoms with Crippen molar-refractivity contribution in [3.05, 3.63) is 100 Å². The van der Waals surface area contributed by atoms with E-state index in [-0.39, 0.29) is 30.4 Å². The number of carbonyl (C=O) groups excluding carboxylic acids is 2. The zero-order chi connectivity index (χ0) is 24.4. The number of hydrogen-bond donors (Lipinski definition) is 1. The van der Waals surface area contributed by atoms with Gasteiger partial charge < -0.3 is 15.0 Å². The van der Waals surface area contributed by atoms with E-state index >= 15 is 0 Å². The Morgan fingerprint density at radius 1 is 0.971 bits per heavy atom. The Kier molecular flexibility index (Phi) is 6.58. The molecule has 2 amide bonds. The van der Waals surface area contributed by atoms with Gasteiger partial charge in [0.25, 0.3) is 5.91 Å². The maximum atomic E-state index is 13.2. The van der Waals surface area contributed by atoms with E-state index in [9.17, 15) is 9.59 Å². The molecule has 0 spiro atoms. The van der Waals surface area contributed by atoms with Gasteiger partial charge in [0.05, 0.1) is 6.04 Å². The van der Waals surface area contributed by atoms with Crippen molar-refractivity contribution in [3.8, 4) is 5.75 Å². The predicted molar refractivity (Wildman–Crippen MR) is 136 cm³/mol. The minimum Gasteiger partial charge on any atom is -0.484 e. The molecule has 1 saturated carbocycles. The maximum Gasteiger partial charge on any atom is 0.258 e. The smallest absolute Gasteiger partial charge is 0.258 e. The molecule has 1 heterocycles. The molecule has 0 aromatic heterocycles. The number of amides is 2. The van der Waals surface area contributed by atoms with Crippen molar-refractivity contribution >= 4 is 11.8 Å². The second-order valence-electron chi connectivity index (χ2n) is 9.79. The molecule has 1 atom stereocenters. The summed E-state index contributed by atoms with van der Waals surface area (Å²) < 4.78 is 5.89. The van der Waals surface area contributed by atoms with E-state index in [1.165, 1.54) is 16.7 Å². The topological polar surface area (TPSA) is 58.6 Å². The van der Waals surface area contributed by atoms with Crippen molar-refractivity contribution in [2.75, 3.05) is 13.2 Å². The first-order chi connectivity index (χ1) is 17.0. The summed E-state index contributed by atoms with van der Waals surface area (Å²) in [5, 5.41) is 2.92. The first-order valence-electron chi connectivity index (χ1n) is 12.4. The van der Waals surface area contributed by atoms with Crippen LogP contribution in [0.15, 0.2) is 66.7 Å². The number of rotatable bonds is 7. The van der Waals surface area contributed by atoms with Crippen molar-refractivity contribution in [2.45, 2.75) is 45.7 Å². The molecule has 180 valence electrons. The summed E-state index contributed by atoms with van der Waals surface area (Å²) in [6.45, 7) is 5.26. The first-order valence-corrected chi connectivity index (χ1v) is 12.4. The third-order valence-electron chi connectivity index (χ3n) is 6.86. The minimum absolute atomic E-state index is 0.0512. The van der Waals surface area contributed by atoms with Crippen LogP contribution in [0, 0.1) is 19.8 Å². The Labute approximate surface area is 207 Å². The summed E-state index contributed by atoms with van der Waals surface area (Å²) in [5.41, 5.74) is 6.84. The summed E-state index contributed by atoms with van der Waals surface area (Å²) in [6.07, 6.45) is 2.81. The van der Waals surface area contributed by atoms with Gasteiger partial charge in [0, 0.05) is 19.0 Å². The van der Waals surface area contributed by atoms with Crippen molar-refractivity contribution in [2.24, 2.45) is 5.92 Å². The quantitative estimate of drug-likeness (QED) is 0.538. The highest BCUT2D eigenvalue weighted by molar-refractivity contribution is 5.82. The Morgan fingerprint density at radius 2 is 1.74 bits per heavy atom. The van der Waals surface area contributed by atoms with Crippen LogP contribution in [0.2, 0.25) is 0 Å². The molecule has 0 bridgehead atoms. The number of aryl methyl sites for hydroxylation is 2. The fourth-order valence-electron chi connectivity index (χ4n) is 4.91. The lowest BCUT2D eigenvalue weighted by Crippen LogP contribution is -2.41. The van der Waals surface area contributed by atoms with Crippen LogP contribution < -0.4 is 10.1 Å². The Morgan fingerprint density at radius 3 is 2.49 bits per heavy atom. The van der Waals surface area contributed by atoms with Crippen molar-refractivity contribution in [1.29, 1.82) is 0 Å². The molecule has 2 aliphatic rings. The van der Waals surface area contributed by atoms with E-state index in [0.717, 1.165) is 42.5 Å². The highest BCUT2D eigenvalue weighted by Crippen LogP contribution is 2.41. The van der Waals surface area contributed by atoms with E-state index < -0.39 is 0 Å². The van der Waals surface area contributed by atoms with Crippen LogP contribution in [-0.2, 0) is 22.6 Å². The van der Waals surface area contributed by atoms with Crippen molar-refractivity contribution in [1.82, 2.24) is 10.2 Å². The van der Waals surface area contributed by atoms with Gasteiger partial charge in [-0.3, -0.25) is 9.59 Å². The summed E-state index contributed by atoms with van der Waals surface area (Å²) >= 11 is 0. The number of fused-ring (bicyclic) bond motifs is 1. The molecule has 3 aromatic carbocycles. The number of benzene rings is 3. The van der Waals surface area contributed by atoms with Gasteiger partial charge in [-0.05, 0) is 67.5 Å². The van der Waals surface area contributed by atoms with Gasteiger partial charge in [-0.1, -0.05) is 65.7 Å². The zero-order valence-corrected chi connectivity index (χ0v) is 20.4. The molecule has 5 rings (SSSR count). The molecular weight excluding hydrogens is 436 g/mol. The predicted octanol–water partition coefficient (Wildman–Crippen LogP) is 4.88. The largest absolute Gasteiger partial charge is 0.484 e. The molecule has 0 radical (unpaired) electrons. The SMILES string of the molecule is Cc1cccc(CNC(=O)COc2ccc3c(c2)C(c2cccc(C)c2)N(C(=O)C2CC2)CC3)c1. The van der Waals surface area contributed by atoms with Crippen LogP contribution in [0.1, 0.15) is 52.3 Å². The number of nitrogens with zero attached hydrogens (tertiary/aromatic N) is 1. The van der Waals surface area contributed by atoms with Gasteiger partial charge >= 0.3 is 0 Å². The standard InChI is InChI=1S/C30H32N2O3/c1-20-5-3-7-22(15-20)18-31-28(33)19-35-26-12-11-23-13-14-32(30(34)24-9-10-24)29(27(23)17-26)25-8-4-6-21(2)16-25/h3-8,11-12,15-17,24,29H,9-10,13-14,18-19H2,1-2H3,(H,31,33). The number of ether oxygens (including phenoxy) is 1. The minimum atomic E-state index is -0.162. The van der Waals surface area contributed by atoms with Crippen LogP contribution in [0.3, 0.4) is 0 Å². The summed E-state index contributed by atoms with van der Waals surface area (Å²) in [7, 11) is 0. The fourth-order valence-corrected chi connectivity index (χ4v) is 4.91. The Balaban J connectivity index is 1.33. The average Bonchev–Trinajstić information content (AvgIpc) is 3.70. The van der Waals surface area contributed by atoms with Gasteiger partial charge in [-0.25, -0.2) is 0 Å². The maximum absolute atomic E-state index is 13.2. The summed E-state index contributed by atoms with van der Waals surface area (Å²) in [6, 6.07) is 22.4. The molecule has 35 heavy (non-hydrogen) atoms. The monoisotopic (exact) mass is 468 g/mol. The zero-order valence-electron chi connectivity index (χ0n) is 20.4. The van der Waals surface area contributed by atoms with E-state index in [2.05, 4.69) is 48.6 Å². The van der Waals surface area contributed by atoms with E-state index in [1.807, 2.05) is 42.2 Å². The molecule has 5 heteroatoms. The van der Waals surface area contributed by atoms with Gasteiger partial charge in [-0.15, -0.1) is 0 Å².